The molecule has 0 saturated heterocycles. The van der Waals surface area contributed by atoms with E-state index in [1.165, 1.54) is 0 Å². The predicted molar refractivity (Wildman–Crippen MR) is 75.5 cm³/mol. The second-order valence-electron chi connectivity index (χ2n) is 4.37. The fourth-order valence-electron chi connectivity index (χ4n) is 2.06. The molecule has 0 fully saturated rings. The van der Waals surface area contributed by atoms with Gasteiger partial charge in [0.25, 0.3) is 0 Å². The van der Waals surface area contributed by atoms with Gasteiger partial charge in [-0.05, 0) is 24.1 Å². The molecular formula is C13H18ClN5. The highest BCUT2D eigenvalue weighted by molar-refractivity contribution is 6.29. The smallest absolute Gasteiger partial charge is 0.129 e. The number of nitrogens with one attached hydrogen (secondary N) is 1. The molecular weight excluding hydrogens is 262 g/mol. The Labute approximate surface area is 117 Å². The fraction of sp³-hybridized carbons (Fsp3) is 0.385. The van der Waals surface area contributed by atoms with Gasteiger partial charge in [0.2, 0.25) is 0 Å². The number of hydrogen-bond donors (Lipinski definition) is 2. The van der Waals surface area contributed by atoms with Gasteiger partial charge in [-0.3, -0.25) is 11.3 Å². The van der Waals surface area contributed by atoms with Crippen LogP contribution in [0.1, 0.15) is 30.8 Å². The number of nitrogens with zero attached hydrogens (tertiary/aromatic N) is 3. The highest BCUT2D eigenvalue weighted by Crippen LogP contribution is 2.19. The molecule has 2 aromatic heterocycles. The van der Waals surface area contributed by atoms with Crippen LogP contribution in [0.3, 0.4) is 0 Å². The normalized spacial score (nSPS) is 12.6. The lowest BCUT2D eigenvalue weighted by Crippen LogP contribution is -2.30. The van der Waals surface area contributed by atoms with E-state index in [1.807, 2.05) is 24.5 Å². The summed E-state index contributed by atoms with van der Waals surface area (Å²) in [6, 6.07) is 3.70. The van der Waals surface area contributed by atoms with Gasteiger partial charge in [0.05, 0.1) is 6.04 Å². The van der Waals surface area contributed by atoms with Crippen LogP contribution < -0.4 is 11.3 Å². The summed E-state index contributed by atoms with van der Waals surface area (Å²) in [5.41, 5.74) is 3.82. The third-order valence-corrected chi connectivity index (χ3v) is 3.21. The van der Waals surface area contributed by atoms with Crippen molar-refractivity contribution in [1.29, 1.82) is 0 Å². The first-order chi connectivity index (χ1) is 9.24. The van der Waals surface area contributed by atoms with Crippen LogP contribution in [0.2, 0.25) is 5.15 Å². The minimum Gasteiger partial charge on any atom is -0.335 e. The number of aryl methyl sites for hydroxylation is 1. The third-order valence-electron chi connectivity index (χ3n) is 3.01. The summed E-state index contributed by atoms with van der Waals surface area (Å²) in [4.78, 5) is 8.37. The van der Waals surface area contributed by atoms with Crippen molar-refractivity contribution in [1.82, 2.24) is 20.0 Å². The van der Waals surface area contributed by atoms with E-state index >= 15 is 0 Å². The van der Waals surface area contributed by atoms with Crippen LogP contribution in [0.5, 0.6) is 0 Å². The Morgan fingerprint density at radius 3 is 2.95 bits per heavy atom. The lowest BCUT2D eigenvalue weighted by atomic mass is 10.1. The summed E-state index contributed by atoms with van der Waals surface area (Å²) < 4.78 is 2.15. The second-order valence-corrected chi connectivity index (χ2v) is 4.76. The van der Waals surface area contributed by atoms with Gasteiger partial charge in [0.15, 0.2) is 0 Å². The lowest BCUT2D eigenvalue weighted by Gasteiger charge is -2.17. The van der Waals surface area contributed by atoms with Gasteiger partial charge in [-0.2, -0.15) is 0 Å². The number of hydrazine groups is 1. The zero-order valence-corrected chi connectivity index (χ0v) is 11.6. The van der Waals surface area contributed by atoms with Crippen molar-refractivity contribution >= 4 is 11.6 Å². The summed E-state index contributed by atoms with van der Waals surface area (Å²) >= 11 is 5.91. The number of halogens is 1. The van der Waals surface area contributed by atoms with Gasteiger partial charge in [-0.15, -0.1) is 0 Å². The fourth-order valence-corrected chi connectivity index (χ4v) is 2.25. The Balaban J connectivity index is 2.17. The molecule has 3 N–H and O–H groups in total. The zero-order chi connectivity index (χ0) is 13.7. The predicted octanol–water partition coefficient (Wildman–Crippen LogP) is 2.09. The Morgan fingerprint density at radius 2 is 2.26 bits per heavy atom. The molecule has 0 aliphatic rings. The third kappa shape index (κ3) is 3.53. The summed E-state index contributed by atoms with van der Waals surface area (Å²) in [5, 5.41) is 0.467. The highest BCUT2D eigenvalue weighted by Gasteiger charge is 2.14. The van der Waals surface area contributed by atoms with Crippen LogP contribution in [-0.4, -0.2) is 14.5 Å². The van der Waals surface area contributed by atoms with Crippen molar-refractivity contribution in [2.45, 2.75) is 32.4 Å². The van der Waals surface area contributed by atoms with E-state index in [-0.39, 0.29) is 6.04 Å². The first kappa shape index (κ1) is 14.0. The van der Waals surface area contributed by atoms with Gasteiger partial charge in [-0.25, -0.2) is 9.97 Å². The summed E-state index contributed by atoms with van der Waals surface area (Å²) in [5.74, 6) is 6.66. The van der Waals surface area contributed by atoms with E-state index in [0.29, 0.717) is 11.6 Å². The van der Waals surface area contributed by atoms with E-state index in [9.17, 15) is 0 Å². The van der Waals surface area contributed by atoms with Crippen molar-refractivity contribution in [3.8, 4) is 0 Å². The summed E-state index contributed by atoms with van der Waals surface area (Å²) in [6.45, 7) is 3.11. The Kier molecular flexibility index (Phi) is 4.90. The molecule has 2 heterocycles. The monoisotopic (exact) mass is 279 g/mol. The van der Waals surface area contributed by atoms with Gasteiger partial charge in [-0.1, -0.05) is 18.5 Å². The molecule has 0 amide bonds. The zero-order valence-electron chi connectivity index (χ0n) is 10.9. The standard InChI is InChI=1S/C13H18ClN5/c1-2-6-19-7-5-17-13(19)9-11(18-15)10-3-4-16-12(14)8-10/h3-5,7-8,11,18H,2,6,9,15H2,1H3. The largest absolute Gasteiger partial charge is 0.335 e. The minimum atomic E-state index is -0.0292. The van der Waals surface area contributed by atoms with Crippen molar-refractivity contribution in [2.24, 2.45) is 5.84 Å². The molecule has 0 spiro atoms. The summed E-state index contributed by atoms with van der Waals surface area (Å²) in [6.07, 6.45) is 7.28. The molecule has 6 heteroatoms. The molecule has 0 aliphatic heterocycles. The molecule has 0 aliphatic carbocycles. The number of imidazole rings is 1. The van der Waals surface area contributed by atoms with Crippen molar-refractivity contribution in [2.75, 3.05) is 0 Å². The van der Waals surface area contributed by atoms with Crippen LogP contribution in [0, 0.1) is 0 Å². The molecule has 1 atom stereocenters. The van der Waals surface area contributed by atoms with E-state index in [0.717, 1.165) is 24.4 Å². The van der Waals surface area contributed by atoms with Gasteiger partial charge in [0, 0.05) is 31.6 Å². The van der Waals surface area contributed by atoms with Gasteiger partial charge >= 0.3 is 0 Å². The first-order valence-corrected chi connectivity index (χ1v) is 6.70. The Hall–Kier alpha value is -1.43. The summed E-state index contributed by atoms with van der Waals surface area (Å²) in [7, 11) is 0. The second kappa shape index (κ2) is 6.65. The molecule has 1 unspecified atom stereocenters. The molecule has 0 aromatic carbocycles. The van der Waals surface area contributed by atoms with Crippen molar-refractivity contribution in [3.05, 3.63) is 47.3 Å². The topological polar surface area (TPSA) is 68.8 Å². The molecule has 5 nitrogen and oxygen atoms in total. The van der Waals surface area contributed by atoms with E-state index in [4.69, 9.17) is 17.4 Å². The van der Waals surface area contributed by atoms with Crippen LogP contribution in [0.4, 0.5) is 0 Å². The average molecular weight is 280 g/mol. The Morgan fingerprint density at radius 1 is 1.42 bits per heavy atom. The number of nitrogens with two attached hydrogens (primary N) is 1. The van der Waals surface area contributed by atoms with Crippen LogP contribution in [-0.2, 0) is 13.0 Å². The van der Waals surface area contributed by atoms with E-state index in [1.54, 1.807) is 6.20 Å². The van der Waals surface area contributed by atoms with Crippen molar-refractivity contribution < 1.29 is 0 Å². The van der Waals surface area contributed by atoms with E-state index < -0.39 is 0 Å². The first-order valence-electron chi connectivity index (χ1n) is 6.32. The molecule has 2 rings (SSSR count). The SMILES string of the molecule is CCCn1ccnc1CC(NN)c1ccnc(Cl)c1. The highest BCUT2D eigenvalue weighted by atomic mass is 35.5. The molecule has 2 aromatic rings. The quantitative estimate of drug-likeness (QED) is 0.483. The molecule has 0 bridgehead atoms. The van der Waals surface area contributed by atoms with Crippen LogP contribution in [0.15, 0.2) is 30.7 Å². The number of aromatic nitrogens is 3. The lowest BCUT2D eigenvalue weighted by molar-refractivity contribution is 0.516. The maximum absolute atomic E-state index is 5.91. The number of rotatable bonds is 6. The molecule has 0 saturated carbocycles. The molecule has 102 valence electrons. The molecule has 19 heavy (non-hydrogen) atoms. The maximum atomic E-state index is 5.91. The number of pyridine rings is 1. The number of hydrogen-bond acceptors (Lipinski definition) is 4. The average Bonchev–Trinajstić information content (AvgIpc) is 2.84. The van der Waals surface area contributed by atoms with Gasteiger partial charge < -0.3 is 4.57 Å². The Bertz CT molecular complexity index is 525. The van der Waals surface area contributed by atoms with Crippen LogP contribution in [0.25, 0.3) is 0 Å². The van der Waals surface area contributed by atoms with Crippen molar-refractivity contribution in [3.63, 3.8) is 0 Å². The van der Waals surface area contributed by atoms with E-state index in [2.05, 4.69) is 26.9 Å². The van der Waals surface area contributed by atoms with Gasteiger partial charge in [0.1, 0.15) is 11.0 Å². The maximum Gasteiger partial charge on any atom is 0.129 e. The molecule has 0 radical (unpaired) electrons. The van der Waals surface area contributed by atoms with Crippen LogP contribution >= 0.6 is 11.6 Å². The minimum absolute atomic E-state index is 0.0292.